The van der Waals surface area contributed by atoms with Crippen molar-refractivity contribution in [1.82, 2.24) is 9.80 Å². The summed E-state index contributed by atoms with van der Waals surface area (Å²) in [6.45, 7) is 10.1. The first-order valence-electron chi connectivity index (χ1n) is 9.30. The van der Waals surface area contributed by atoms with Gasteiger partial charge in [-0.3, -0.25) is 9.69 Å². The van der Waals surface area contributed by atoms with Gasteiger partial charge in [-0.25, -0.2) is 8.78 Å². The number of carbonyl (C=O) groups excluding carboxylic acids is 1. The summed E-state index contributed by atoms with van der Waals surface area (Å²) >= 11 is 0. The van der Waals surface area contributed by atoms with Crippen molar-refractivity contribution in [1.29, 1.82) is 0 Å². The Morgan fingerprint density at radius 2 is 1.56 bits per heavy atom. The Kier molecular flexibility index (Phi) is 5.61. The van der Waals surface area contributed by atoms with Crippen LogP contribution in [-0.2, 0) is 12.0 Å². The van der Waals surface area contributed by atoms with Crippen LogP contribution in [-0.4, -0.2) is 41.9 Å². The van der Waals surface area contributed by atoms with Crippen LogP contribution in [0.5, 0.6) is 0 Å². The molecule has 1 amide bonds. The maximum atomic E-state index is 13.4. The van der Waals surface area contributed by atoms with Crippen LogP contribution < -0.4 is 0 Å². The van der Waals surface area contributed by atoms with Gasteiger partial charge in [0.2, 0.25) is 0 Å². The van der Waals surface area contributed by atoms with Crippen LogP contribution in [0.3, 0.4) is 0 Å². The Bertz CT molecular complexity index is 804. The summed E-state index contributed by atoms with van der Waals surface area (Å²) in [4.78, 5) is 16.5. The van der Waals surface area contributed by atoms with E-state index >= 15 is 0 Å². The van der Waals surface area contributed by atoms with Crippen molar-refractivity contribution in [3.63, 3.8) is 0 Å². The second-order valence-corrected chi connectivity index (χ2v) is 8.14. The predicted molar refractivity (Wildman–Crippen MR) is 103 cm³/mol. The molecular formula is C22H26F2N2O. The highest BCUT2D eigenvalue weighted by Gasteiger charge is 2.23. The van der Waals surface area contributed by atoms with Crippen molar-refractivity contribution >= 4 is 5.91 Å². The highest BCUT2D eigenvalue weighted by molar-refractivity contribution is 5.94. The molecule has 27 heavy (non-hydrogen) atoms. The number of rotatable bonds is 3. The smallest absolute Gasteiger partial charge is 0.254 e. The minimum absolute atomic E-state index is 0.143. The minimum Gasteiger partial charge on any atom is -0.336 e. The molecule has 5 heteroatoms. The van der Waals surface area contributed by atoms with E-state index in [2.05, 4.69) is 49.9 Å². The van der Waals surface area contributed by atoms with Gasteiger partial charge in [0.05, 0.1) is 0 Å². The number of piperazine rings is 1. The van der Waals surface area contributed by atoms with E-state index in [1.807, 2.05) is 0 Å². The zero-order chi connectivity index (χ0) is 19.6. The predicted octanol–water partition coefficient (Wildman–Crippen LogP) is 4.22. The third-order valence-corrected chi connectivity index (χ3v) is 5.05. The molecule has 144 valence electrons. The molecule has 1 fully saturated rings. The molecule has 0 radical (unpaired) electrons. The molecule has 1 aliphatic heterocycles. The number of amides is 1. The molecule has 0 atom stereocenters. The number of hydrogen-bond donors (Lipinski definition) is 0. The molecular weight excluding hydrogens is 346 g/mol. The Morgan fingerprint density at radius 1 is 0.926 bits per heavy atom. The van der Waals surface area contributed by atoms with Gasteiger partial charge in [-0.1, -0.05) is 45.0 Å². The standard InChI is InChI=1S/C22H26F2N2O/c1-22(2,3)18-7-4-16(5-8-18)15-25-10-12-26(13-11-25)21(27)17-6-9-19(23)20(24)14-17/h4-9,14H,10-13,15H2,1-3H3. The zero-order valence-electron chi connectivity index (χ0n) is 16.1. The molecule has 3 nitrogen and oxygen atoms in total. The molecule has 2 aromatic carbocycles. The molecule has 3 rings (SSSR count). The summed E-state index contributed by atoms with van der Waals surface area (Å²) in [7, 11) is 0. The molecule has 0 bridgehead atoms. The number of hydrogen-bond acceptors (Lipinski definition) is 2. The van der Waals surface area contributed by atoms with E-state index in [9.17, 15) is 13.6 Å². The molecule has 1 heterocycles. The first-order chi connectivity index (χ1) is 12.7. The molecule has 0 N–H and O–H groups in total. The highest BCUT2D eigenvalue weighted by Crippen LogP contribution is 2.22. The third-order valence-electron chi connectivity index (χ3n) is 5.05. The lowest BCUT2D eigenvalue weighted by molar-refractivity contribution is 0.0628. The van der Waals surface area contributed by atoms with Gasteiger partial charge in [0.1, 0.15) is 0 Å². The largest absolute Gasteiger partial charge is 0.336 e. The molecule has 1 aliphatic rings. The summed E-state index contributed by atoms with van der Waals surface area (Å²) < 4.78 is 26.4. The van der Waals surface area contributed by atoms with Crippen LogP contribution in [0.1, 0.15) is 42.3 Å². The van der Waals surface area contributed by atoms with Crippen molar-refractivity contribution in [2.75, 3.05) is 26.2 Å². The van der Waals surface area contributed by atoms with Crippen molar-refractivity contribution in [2.24, 2.45) is 0 Å². The number of benzene rings is 2. The normalized spacial score (nSPS) is 15.8. The Balaban J connectivity index is 1.55. The van der Waals surface area contributed by atoms with Gasteiger partial charge in [0.15, 0.2) is 11.6 Å². The molecule has 1 saturated heterocycles. The van der Waals surface area contributed by atoms with Crippen molar-refractivity contribution in [2.45, 2.75) is 32.7 Å². The number of carbonyl (C=O) groups is 1. The van der Waals surface area contributed by atoms with Crippen LogP contribution in [0.2, 0.25) is 0 Å². The summed E-state index contributed by atoms with van der Waals surface area (Å²) in [5.74, 6) is -2.17. The average molecular weight is 372 g/mol. The minimum atomic E-state index is -0.988. The fraction of sp³-hybridized carbons (Fsp3) is 0.409. The summed E-state index contributed by atoms with van der Waals surface area (Å²) in [5, 5.41) is 0. The maximum absolute atomic E-state index is 13.4. The monoisotopic (exact) mass is 372 g/mol. The van der Waals surface area contributed by atoms with Crippen molar-refractivity contribution in [3.8, 4) is 0 Å². The van der Waals surface area contributed by atoms with Gasteiger partial charge >= 0.3 is 0 Å². The lowest BCUT2D eigenvalue weighted by Crippen LogP contribution is -2.48. The molecule has 0 aliphatic carbocycles. The van der Waals surface area contributed by atoms with E-state index < -0.39 is 11.6 Å². The molecule has 0 spiro atoms. The quantitative estimate of drug-likeness (QED) is 0.805. The lowest BCUT2D eigenvalue weighted by atomic mass is 9.87. The third kappa shape index (κ3) is 4.72. The molecule has 0 aromatic heterocycles. The van der Waals surface area contributed by atoms with E-state index in [4.69, 9.17) is 0 Å². The summed E-state index contributed by atoms with van der Waals surface area (Å²) in [6, 6.07) is 12.0. The first-order valence-corrected chi connectivity index (χ1v) is 9.30. The second-order valence-electron chi connectivity index (χ2n) is 8.14. The van der Waals surface area contributed by atoms with Crippen molar-refractivity contribution in [3.05, 3.63) is 70.8 Å². The van der Waals surface area contributed by atoms with E-state index in [0.29, 0.717) is 13.1 Å². The SMILES string of the molecule is CC(C)(C)c1ccc(CN2CCN(C(=O)c3ccc(F)c(F)c3)CC2)cc1. The van der Waals surface area contributed by atoms with Gasteiger partial charge in [0, 0.05) is 38.3 Å². The van der Waals surface area contributed by atoms with E-state index in [0.717, 1.165) is 31.8 Å². The van der Waals surface area contributed by atoms with Crippen molar-refractivity contribution < 1.29 is 13.6 Å². The molecule has 0 saturated carbocycles. The average Bonchev–Trinajstić information content (AvgIpc) is 2.64. The topological polar surface area (TPSA) is 23.6 Å². The van der Waals surface area contributed by atoms with E-state index in [-0.39, 0.29) is 16.9 Å². The van der Waals surface area contributed by atoms with Crippen LogP contribution >= 0.6 is 0 Å². The van der Waals surface area contributed by atoms with Crippen LogP contribution in [0, 0.1) is 11.6 Å². The van der Waals surface area contributed by atoms with E-state index in [1.165, 1.54) is 17.2 Å². The summed E-state index contributed by atoms with van der Waals surface area (Å²) in [6.07, 6.45) is 0. The van der Waals surface area contributed by atoms with Crippen LogP contribution in [0.25, 0.3) is 0 Å². The first kappa shape index (κ1) is 19.5. The number of nitrogens with zero attached hydrogens (tertiary/aromatic N) is 2. The maximum Gasteiger partial charge on any atom is 0.254 e. The number of halogens is 2. The van der Waals surface area contributed by atoms with E-state index in [1.54, 1.807) is 4.90 Å². The molecule has 0 unspecified atom stereocenters. The zero-order valence-corrected chi connectivity index (χ0v) is 16.1. The highest BCUT2D eigenvalue weighted by atomic mass is 19.2. The fourth-order valence-corrected chi connectivity index (χ4v) is 3.29. The van der Waals surface area contributed by atoms with Gasteiger partial charge in [-0.15, -0.1) is 0 Å². The van der Waals surface area contributed by atoms with Gasteiger partial charge in [-0.05, 0) is 34.7 Å². The van der Waals surface area contributed by atoms with Crippen LogP contribution in [0.4, 0.5) is 8.78 Å². The lowest BCUT2D eigenvalue weighted by Gasteiger charge is -2.35. The Hall–Kier alpha value is -2.27. The van der Waals surface area contributed by atoms with Gasteiger partial charge in [-0.2, -0.15) is 0 Å². The second kappa shape index (κ2) is 7.77. The molecule has 2 aromatic rings. The Labute approximate surface area is 159 Å². The van der Waals surface area contributed by atoms with Gasteiger partial charge < -0.3 is 4.90 Å². The Morgan fingerprint density at radius 3 is 2.11 bits per heavy atom. The van der Waals surface area contributed by atoms with Gasteiger partial charge in [0.25, 0.3) is 5.91 Å². The van der Waals surface area contributed by atoms with Crippen LogP contribution in [0.15, 0.2) is 42.5 Å². The summed E-state index contributed by atoms with van der Waals surface area (Å²) in [5.41, 5.74) is 2.90. The fourth-order valence-electron chi connectivity index (χ4n) is 3.29.